The first kappa shape index (κ1) is 25.3. The van der Waals surface area contributed by atoms with Crippen LogP contribution in [-0.2, 0) is 4.79 Å². The van der Waals surface area contributed by atoms with E-state index >= 15 is 0 Å². The predicted octanol–water partition coefficient (Wildman–Crippen LogP) is 4.04. The maximum Gasteiger partial charge on any atom is 0.222 e. The largest absolute Gasteiger partial charge is 0.497 e. The van der Waals surface area contributed by atoms with Gasteiger partial charge < -0.3 is 15.4 Å². The summed E-state index contributed by atoms with van der Waals surface area (Å²) in [6.07, 6.45) is 7.64. The Bertz CT molecular complexity index is 673. The van der Waals surface area contributed by atoms with Crippen LogP contribution in [-0.4, -0.2) is 55.0 Å². The van der Waals surface area contributed by atoms with E-state index in [1.807, 2.05) is 0 Å². The van der Waals surface area contributed by atoms with Crippen LogP contribution in [0.4, 0.5) is 0 Å². The number of amides is 1. The van der Waals surface area contributed by atoms with Gasteiger partial charge in [0, 0.05) is 38.1 Å². The molecule has 4 atom stereocenters. The van der Waals surface area contributed by atoms with Crippen LogP contribution in [0.3, 0.4) is 0 Å². The summed E-state index contributed by atoms with van der Waals surface area (Å²) in [6, 6.07) is 9.79. The van der Waals surface area contributed by atoms with Crippen molar-refractivity contribution >= 4 is 30.7 Å². The van der Waals surface area contributed by atoms with Gasteiger partial charge in [-0.05, 0) is 74.6 Å². The van der Waals surface area contributed by atoms with E-state index in [0.29, 0.717) is 42.8 Å². The van der Waals surface area contributed by atoms with Crippen LogP contribution >= 0.6 is 24.8 Å². The SMILES string of the molecule is COc1ccc([C@H]2CCC[C@H]3[C@@H]4C[C@@H](CN(C(=O)CCCCN)C4)CN23)cc1.Cl.Cl. The fourth-order valence-corrected chi connectivity index (χ4v) is 5.77. The summed E-state index contributed by atoms with van der Waals surface area (Å²) in [6.45, 7) is 3.71. The molecular weight excluding hydrogens is 421 g/mol. The second-order valence-electron chi connectivity index (χ2n) is 8.89. The van der Waals surface area contributed by atoms with Gasteiger partial charge in [-0.2, -0.15) is 0 Å². The number of ether oxygens (including phenoxy) is 1. The van der Waals surface area contributed by atoms with E-state index in [-0.39, 0.29) is 24.8 Å². The van der Waals surface area contributed by atoms with Crippen LogP contribution in [0.1, 0.15) is 56.6 Å². The molecule has 0 unspecified atom stereocenters. The molecule has 3 heterocycles. The molecule has 2 N–H and O–H groups in total. The highest BCUT2D eigenvalue weighted by atomic mass is 35.5. The van der Waals surface area contributed by atoms with Gasteiger partial charge in [0.2, 0.25) is 5.91 Å². The summed E-state index contributed by atoms with van der Waals surface area (Å²) >= 11 is 0. The number of carbonyl (C=O) groups is 1. The number of hydrogen-bond donors (Lipinski definition) is 1. The summed E-state index contributed by atoms with van der Waals surface area (Å²) in [7, 11) is 1.72. The molecule has 4 rings (SSSR count). The van der Waals surface area contributed by atoms with Crippen molar-refractivity contribution in [3.05, 3.63) is 29.8 Å². The summed E-state index contributed by atoms with van der Waals surface area (Å²) in [5.74, 6) is 2.52. The molecule has 170 valence electrons. The highest BCUT2D eigenvalue weighted by molar-refractivity contribution is 5.85. The molecule has 1 aromatic carbocycles. The zero-order valence-electron chi connectivity index (χ0n) is 18.0. The average Bonchev–Trinajstić information content (AvgIpc) is 2.73. The number of hydrogen-bond acceptors (Lipinski definition) is 4. The molecule has 3 fully saturated rings. The van der Waals surface area contributed by atoms with Crippen LogP contribution < -0.4 is 10.5 Å². The van der Waals surface area contributed by atoms with Gasteiger partial charge in [0.25, 0.3) is 0 Å². The minimum absolute atomic E-state index is 0. The standard InChI is InChI=1S/C23H35N3O2.2ClH/c1-28-20-10-8-18(9-11-20)21-5-4-6-22-19-13-17(15-26(21)22)14-25(16-19)23(27)7-2-3-12-24;;/h8-11,17,19,21-22H,2-7,12-16,24H2,1H3;2*1H/t17-,19+,21+,22-;;/m0../s1. The van der Waals surface area contributed by atoms with Crippen molar-refractivity contribution in [3.63, 3.8) is 0 Å². The smallest absolute Gasteiger partial charge is 0.222 e. The fraction of sp³-hybridized carbons (Fsp3) is 0.696. The maximum atomic E-state index is 12.7. The lowest BCUT2D eigenvalue weighted by atomic mass is 9.74. The lowest BCUT2D eigenvalue weighted by molar-refractivity contribution is -0.139. The second-order valence-corrected chi connectivity index (χ2v) is 8.89. The van der Waals surface area contributed by atoms with Crippen molar-refractivity contribution in [2.24, 2.45) is 17.6 Å². The fourth-order valence-electron chi connectivity index (χ4n) is 5.77. The Kier molecular flexibility index (Phi) is 9.73. The number of halogens is 2. The highest BCUT2D eigenvalue weighted by Crippen LogP contribution is 2.44. The number of piperidine rings is 3. The van der Waals surface area contributed by atoms with Gasteiger partial charge in [0.15, 0.2) is 0 Å². The first-order valence-electron chi connectivity index (χ1n) is 11.1. The molecule has 0 radical (unpaired) electrons. The zero-order chi connectivity index (χ0) is 19.5. The van der Waals surface area contributed by atoms with E-state index < -0.39 is 0 Å². The van der Waals surface area contributed by atoms with Crippen molar-refractivity contribution in [2.75, 3.05) is 33.3 Å². The molecule has 30 heavy (non-hydrogen) atoms. The summed E-state index contributed by atoms with van der Waals surface area (Å²) in [5.41, 5.74) is 7.00. The molecule has 0 saturated carbocycles. The number of nitrogens with zero attached hydrogens (tertiary/aromatic N) is 2. The number of likely N-dealkylation sites (tertiary alicyclic amines) is 1. The van der Waals surface area contributed by atoms with E-state index in [0.717, 1.165) is 38.2 Å². The minimum atomic E-state index is 0. The third-order valence-corrected chi connectivity index (χ3v) is 7.08. The average molecular weight is 458 g/mol. The molecule has 3 aliphatic heterocycles. The van der Waals surface area contributed by atoms with Crippen LogP contribution in [0.15, 0.2) is 24.3 Å². The van der Waals surface area contributed by atoms with Crippen molar-refractivity contribution < 1.29 is 9.53 Å². The molecule has 7 heteroatoms. The Morgan fingerprint density at radius 2 is 1.87 bits per heavy atom. The van der Waals surface area contributed by atoms with Crippen molar-refractivity contribution in [1.29, 1.82) is 0 Å². The summed E-state index contributed by atoms with van der Waals surface area (Å²) in [4.78, 5) is 17.6. The summed E-state index contributed by atoms with van der Waals surface area (Å²) in [5, 5.41) is 0. The number of nitrogens with two attached hydrogens (primary N) is 1. The van der Waals surface area contributed by atoms with Crippen molar-refractivity contribution in [1.82, 2.24) is 9.80 Å². The number of carbonyl (C=O) groups excluding carboxylic acids is 1. The number of rotatable bonds is 6. The molecule has 1 amide bonds. The summed E-state index contributed by atoms with van der Waals surface area (Å²) < 4.78 is 5.34. The molecule has 3 aliphatic rings. The Morgan fingerprint density at radius 1 is 1.10 bits per heavy atom. The Labute approximate surface area is 193 Å². The number of methoxy groups -OCH3 is 1. The van der Waals surface area contributed by atoms with Gasteiger partial charge in [-0.25, -0.2) is 0 Å². The third-order valence-electron chi connectivity index (χ3n) is 7.08. The van der Waals surface area contributed by atoms with E-state index in [2.05, 4.69) is 34.1 Å². The lowest BCUT2D eigenvalue weighted by Gasteiger charge is -2.55. The third kappa shape index (κ3) is 5.42. The van der Waals surface area contributed by atoms with Gasteiger partial charge >= 0.3 is 0 Å². The Hall–Kier alpha value is -1.01. The minimum Gasteiger partial charge on any atom is -0.497 e. The molecule has 3 saturated heterocycles. The van der Waals surface area contributed by atoms with Crippen LogP contribution in [0, 0.1) is 11.8 Å². The normalized spacial score (nSPS) is 28.0. The van der Waals surface area contributed by atoms with Crippen molar-refractivity contribution in [2.45, 2.75) is 57.0 Å². The van der Waals surface area contributed by atoms with Crippen LogP contribution in [0.25, 0.3) is 0 Å². The predicted molar refractivity (Wildman–Crippen MR) is 126 cm³/mol. The van der Waals surface area contributed by atoms with Crippen molar-refractivity contribution in [3.8, 4) is 5.75 Å². The first-order chi connectivity index (χ1) is 13.7. The molecule has 0 spiro atoms. The van der Waals surface area contributed by atoms with E-state index in [1.54, 1.807) is 7.11 Å². The molecule has 0 aromatic heterocycles. The van der Waals surface area contributed by atoms with E-state index in [1.165, 1.54) is 31.2 Å². The van der Waals surface area contributed by atoms with Gasteiger partial charge in [0.05, 0.1) is 7.11 Å². The number of unbranched alkanes of at least 4 members (excludes halogenated alkanes) is 1. The Balaban J connectivity index is 0.00000160. The highest BCUT2D eigenvalue weighted by Gasteiger charge is 2.45. The van der Waals surface area contributed by atoms with Gasteiger partial charge in [-0.1, -0.05) is 12.1 Å². The molecule has 0 aliphatic carbocycles. The molecule has 1 aromatic rings. The zero-order valence-corrected chi connectivity index (χ0v) is 19.6. The van der Waals surface area contributed by atoms with Crippen LogP contribution in [0.5, 0.6) is 5.75 Å². The Morgan fingerprint density at radius 3 is 2.57 bits per heavy atom. The van der Waals surface area contributed by atoms with E-state index in [9.17, 15) is 4.79 Å². The maximum absolute atomic E-state index is 12.7. The number of benzene rings is 1. The quantitative estimate of drug-likeness (QED) is 0.654. The lowest BCUT2D eigenvalue weighted by Crippen LogP contribution is -2.60. The van der Waals surface area contributed by atoms with Gasteiger partial charge in [0.1, 0.15) is 5.75 Å². The van der Waals surface area contributed by atoms with Gasteiger partial charge in [-0.3, -0.25) is 9.69 Å². The van der Waals surface area contributed by atoms with Gasteiger partial charge in [-0.15, -0.1) is 24.8 Å². The first-order valence-corrected chi connectivity index (χ1v) is 11.1. The number of fused-ring (bicyclic) bond motifs is 4. The topological polar surface area (TPSA) is 58.8 Å². The molecule has 2 bridgehead atoms. The van der Waals surface area contributed by atoms with Crippen LogP contribution in [0.2, 0.25) is 0 Å². The van der Waals surface area contributed by atoms with E-state index in [4.69, 9.17) is 10.5 Å². The molecule has 5 nitrogen and oxygen atoms in total. The molecular formula is C23H37Cl2N3O2. The second kappa shape index (κ2) is 11.6. The monoisotopic (exact) mass is 457 g/mol.